The molecule has 2 heterocycles. The predicted octanol–water partition coefficient (Wildman–Crippen LogP) is 2.44. The average Bonchev–Trinajstić information content (AvgIpc) is 2.36. The molecule has 1 aliphatic heterocycles. The molecule has 0 aliphatic carbocycles. The molecule has 1 aromatic heterocycles. The van der Waals surface area contributed by atoms with Crippen LogP contribution in [0, 0.1) is 0 Å². The normalized spacial score (nSPS) is 20.4. The van der Waals surface area contributed by atoms with E-state index in [1.165, 1.54) is 25.7 Å². The van der Waals surface area contributed by atoms with E-state index in [4.69, 9.17) is 11.6 Å². The van der Waals surface area contributed by atoms with Gasteiger partial charge in [0.1, 0.15) is 5.82 Å². The summed E-state index contributed by atoms with van der Waals surface area (Å²) >= 11 is 5.88. The quantitative estimate of drug-likeness (QED) is 0.785. The molecule has 0 bridgehead atoms. The Kier molecular flexibility index (Phi) is 4.78. The molecule has 1 atom stereocenters. The van der Waals surface area contributed by atoms with Crippen molar-refractivity contribution in [1.82, 2.24) is 14.9 Å². The van der Waals surface area contributed by atoms with Gasteiger partial charge in [0, 0.05) is 18.8 Å². The van der Waals surface area contributed by atoms with Crippen molar-refractivity contribution in [3.05, 3.63) is 17.5 Å². The standard InChI is InChI=1S/C13H21ClN4/c1-17(2)10-7-11-5-3-4-9-18(11)12-6-8-15-13(14)16-12/h6,8,11H,3-5,7,9-10H2,1-2H3. The van der Waals surface area contributed by atoms with Crippen molar-refractivity contribution in [2.24, 2.45) is 0 Å². The van der Waals surface area contributed by atoms with Gasteiger partial charge in [-0.25, -0.2) is 9.97 Å². The van der Waals surface area contributed by atoms with Crippen LogP contribution in [-0.2, 0) is 0 Å². The molecule has 0 amide bonds. The number of piperidine rings is 1. The lowest BCUT2D eigenvalue weighted by Gasteiger charge is -2.37. The molecule has 1 fully saturated rings. The first kappa shape index (κ1) is 13.6. The fourth-order valence-corrected chi connectivity index (χ4v) is 2.64. The van der Waals surface area contributed by atoms with E-state index in [2.05, 4.69) is 33.9 Å². The van der Waals surface area contributed by atoms with Crippen LogP contribution < -0.4 is 4.90 Å². The molecule has 0 N–H and O–H groups in total. The Balaban J connectivity index is 2.07. The van der Waals surface area contributed by atoms with Crippen molar-refractivity contribution in [2.75, 3.05) is 32.1 Å². The van der Waals surface area contributed by atoms with Crippen molar-refractivity contribution in [3.8, 4) is 0 Å². The summed E-state index contributed by atoms with van der Waals surface area (Å²) in [5.41, 5.74) is 0. The van der Waals surface area contributed by atoms with E-state index in [0.717, 1.165) is 18.9 Å². The number of hydrogen-bond donors (Lipinski definition) is 0. The molecule has 4 nitrogen and oxygen atoms in total. The van der Waals surface area contributed by atoms with E-state index < -0.39 is 0 Å². The van der Waals surface area contributed by atoms with E-state index >= 15 is 0 Å². The number of nitrogens with zero attached hydrogens (tertiary/aromatic N) is 4. The van der Waals surface area contributed by atoms with Crippen molar-refractivity contribution in [2.45, 2.75) is 31.7 Å². The van der Waals surface area contributed by atoms with Gasteiger partial charge in [-0.15, -0.1) is 0 Å². The van der Waals surface area contributed by atoms with Crippen LogP contribution in [0.2, 0.25) is 5.28 Å². The Morgan fingerprint density at radius 3 is 3.00 bits per heavy atom. The first-order valence-electron chi connectivity index (χ1n) is 6.57. The third kappa shape index (κ3) is 3.56. The average molecular weight is 269 g/mol. The van der Waals surface area contributed by atoms with Gasteiger partial charge in [0.2, 0.25) is 5.28 Å². The first-order chi connectivity index (χ1) is 8.66. The Morgan fingerprint density at radius 1 is 1.44 bits per heavy atom. The van der Waals surface area contributed by atoms with Gasteiger partial charge in [-0.2, -0.15) is 0 Å². The van der Waals surface area contributed by atoms with Gasteiger partial charge in [0.15, 0.2) is 0 Å². The molecule has 100 valence electrons. The van der Waals surface area contributed by atoms with Crippen LogP contribution in [0.1, 0.15) is 25.7 Å². The monoisotopic (exact) mass is 268 g/mol. The van der Waals surface area contributed by atoms with Crippen LogP contribution in [0.4, 0.5) is 5.82 Å². The third-order valence-corrected chi connectivity index (χ3v) is 3.62. The van der Waals surface area contributed by atoms with Crippen LogP contribution in [0.5, 0.6) is 0 Å². The second kappa shape index (κ2) is 6.34. The van der Waals surface area contributed by atoms with Gasteiger partial charge in [0.05, 0.1) is 0 Å². The van der Waals surface area contributed by atoms with Crippen molar-refractivity contribution in [3.63, 3.8) is 0 Å². The first-order valence-corrected chi connectivity index (χ1v) is 6.94. The van der Waals surface area contributed by atoms with Crippen molar-refractivity contribution < 1.29 is 0 Å². The fourth-order valence-electron chi connectivity index (χ4n) is 2.50. The summed E-state index contributed by atoms with van der Waals surface area (Å²) in [4.78, 5) is 12.9. The molecule has 1 unspecified atom stereocenters. The lowest BCUT2D eigenvalue weighted by Crippen LogP contribution is -2.41. The zero-order valence-electron chi connectivity index (χ0n) is 11.1. The Bertz CT molecular complexity index is 383. The highest BCUT2D eigenvalue weighted by Crippen LogP contribution is 2.25. The number of rotatable bonds is 4. The highest BCUT2D eigenvalue weighted by atomic mass is 35.5. The largest absolute Gasteiger partial charge is 0.353 e. The fraction of sp³-hybridized carbons (Fsp3) is 0.692. The topological polar surface area (TPSA) is 32.3 Å². The third-order valence-electron chi connectivity index (χ3n) is 3.44. The lowest BCUT2D eigenvalue weighted by atomic mass is 9.99. The van der Waals surface area contributed by atoms with Gasteiger partial charge in [-0.3, -0.25) is 0 Å². The summed E-state index contributed by atoms with van der Waals surface area (Å²) in [5.74, 6) is 0.971. The summed E-state index contributed by atoms with van der Waals surface area (Å²) in [6.07, 6.45) is 6.71. The molecule has 0 radical (unpaired) electrons. The molecular formula is C13H21ClN4. The van der Waals surface area contributed by atoms with Crippen LogP contribution in [0.15, 0.2) is 12.3 Å². The molecule has 0 aromatic carbocycles. The number of anilines is 1. The number of aromatic nitrogens is 2. The minimum atomic E-state index is 0.337. The molecule has 2 rings (SSSR count). The Labute approximate surface area is 114 Å². The van der Waals surface area contributed by atoms with E-state index in [-0.39, 0.29) is 0 Å². The molecule has 18 heavy (non-hydrogen) atoms. The van der Waals surface area contributed by atoms with Crippen molar-refractivity contribution >= 4 is 17.4 Å². The smallest absolute Gasteiger partial charge is 0.224 e. The Morgan fingerprint density at radius 2 is 2.28 bits per heavy atom. The van der Waals surface area contributed by atoms with E-state index in [1.807, 2.05) is 6.07 Å². The maximum Gasteiger partial charge on any atom is 0.224 e. The van der Waals surface area contributed by atoms with Crippen molar-refractivity contribution in [1.29, 1.82) is 0 Å². The zero-order valence-corrected chi connectivity index (χ0v) is 11.9. The SMILES string of the molecule is CN(C)CCC1CCCCN1c1ccnc(Cl)n1. The summed E-state index contributed by atoms with van der Waals surface area (Å²) in [5, 5.41) is 0.337. The minimum Gasteiger partial charge on any atom is -0.353 e. The minimum absolute atomic E-state index is 0.337. The highest BCUT2D eigenvalue weighted by molar-refractivity contribution is 6.28. The summed E-state index contributed by atoms with van der Waals surface area (Å²) in [6.45, 7) is 2.19. The second-order valence-corrected chi connectivity index (χ2v) is 5.46. The molecule has 0 saturated carbocycles. The molecule has 1 aliphatic rings. The Hall–Kier alpha value is -0.870. The molecule has 1 aromatic rings. The van der Waals surface area contributed by atoms with Crippen LogP contribution >= 0.6 is 11.6 Å². The number of halogens is 1. The van der Waals surface area contributed by atoms with E-state index in [0.29, 0.717) is 11.3 Å². The van der Waals surface area contributed by atoms with Crippen LogP contribution in [0.25, 0.3) is 0 Å². The highest BCUT2D eigenvalue weighted by Gasteiger charge is 2.23. The van der Waals surface area contributed by atoms with Crippen LogP contribution in [0.3, 0.4) is 0 Å². The lowest BCUT2D eigenvalue weighted by molar-refractivity contribution is 0.348. The van der Waals surface area contributed by atoms with Gasteiger partial charge in [-0.05, 0) is 64.0 Å². The molecule has 0 spiro atoms. The molecule has 1 saturated heterocycles. The summed E-state index contributed by atoms with van der Waals surface area (Å²) < 4.78 is 0. The number of hydrogen-bond acceptors (Lipinski definition) is 4. The van der Waals surface area contributed by atoms with Crippen LogP contribution in [-0.4, -0.2) is 48.1 Å². The van der Waals surface area contributed by atoms with Gasteiger partial charge in [-0.1, -0.05) is 0 Å². The second-order valence-electron chi connectivity index (χ2n) is 5.12. The molecule has 5 heteroatoms. The maximum atomic E-state index is 5.88. The van der Waals surface area contributed by atoms with E-state index in [1.54, 1.807) is 6.20 Å². The van der Waals surface area contributed by atoms with E-state index in [9.17, 15) is 0 Å². The van der Waals surface area contributed by atoms with Gasteiger partial charge < -0.3 is 9.80 Å². The zero-order chi connectivity index (χ0) is 13.0. The summed E-state index contributed by atoms with van der Waals surface area (Å²) in [7, 11) is 4.24. The predicted molar refractivity (Wildman–Crippen MR) is 75.2 cm³/mol. The maximum absolute atomic E-state index is 5.88. The molecular weight excluding hydrogens is 248 g/mol. The summed E-state index contributed by atoms with van der Waals surface area (Å²) in [6, 6.07) is 2.53. The van der Waals surface area contributed by atoms with Gasteiger partial charge >= 0.3 is 0 Å². The van der Waals surface area contributed by atoms with Gasteiger partial charge in [0.25, 0.3) is 0 Å².